The van der Waals surface area contributed by atoms with E-state index in [0.29, 0.717) is 12.5 Å². The van der Waals surface area contributed by atoms with Crippen LogP contribution < -0.4 is 5.32 Å². The normalized spacial score (nSPS) is 24.7. The lowest BCUT2D eigenvalue weighted by Crippen LogP contribution is -2.47. The molecule has 1 amide bonds. The van der Waals surface area contributed by atoms with Crippen molar-refractivity contribution in [3.05, 3.63) is 0 Å². The van der Waals surface area contributed by atoms with Crippen LogP contribution in [0.1, 0.15) is 20.8 Å². The monoisotopic (exact) mass is 272 g/mol. The molecule has 0 aromatic carbocycles. The molecule has 0 aromatic heterocycles. The molecule has 1 rings (SSSR count). The molecule has 0 spiro atoms. The molecule has 0 saturated carbocycles. The van der Waals surface area contributed by atoms with Crippen LogP contribution in [0.3, 0.4) is 0 Å². The van der Waals surface area contributed by atoms with Crippen LogP contribution in [-0.4, -0.2) is 60.8 Å². The third kappa shape index (κ3) is 4.47. The van der Waals surface area contributed by atoms with Crippen LogP contribution in [0, 0.1) is 11.8 Å². The van der Waals surface area contributed by atoms with Gasteiger partial charge in [0.1, 0.15) is 0 Å². The Morgan fingerprint density at radius 2 is 2.00 bits per heavy atom. The maximum atomic E-state index is 11.9. The molecule has 1 heterocycles. The molecule has 110 valence electrons. The van der Waals surface area contributed by atoms with Gasteiger partial charge < -0.3 is 15.2 Å². The van der Waals surface area contributed by atoms with Gasteiger partial charge in [-0.15, -0.1) is 0 Å². The summed E-state index contributed by atoms with van der Waals surface area (Å²) in [7, 11) is 1.76. The zero-order valence-electron chi connectivity index (χ0n) is 12.0. The van der Waals surface area contributed by atoms with E-state index in [1.54, 1.807) is 11.9 Å². The van der Waals surface area contributed by atoms with Gasteiger partial charge in [0.2, 0.25) is 5.91 Å². The number of ether oxygens (including phenoxy) is 1. The fourth-order valence-corrected chi connectivity index (χ4v) is 2.02. The minimum Gasteiger partial charge on any atom is -0.481 e. The highest BCUT2D eigenvalue weighted by atomic mass is 16.5. The first-order valence-corrected chi connectivity index (χ1v) is 6.63. The topological polar surface area (TPSA) is 78.9 Å². The van der Waals surface area contributed by atoms with E-state index in [1.807, 2.05) is 20.8 Å². The molecule has 2 N–H and O–H groups in total. The first-order valence-electron chi connectivity index (χ1n) is 6.63. The van der Waals surface area contributed by atoms with Gasteiger partial charge in [-0.2, -0.15) is 0 Å². The van der Waals surface area contributed by atoms with Crippen molar-refractivity contribution in [1.82, 2.24) is 10.2 Å². The van der Waals surface area contributed by atoms with Gasteiger partial charge in [-0.3, -0.25) is 14.5 Å². The lowest BCUT2D eigenvalue weighted by molar-refractivity contribution is -0.143. The molecule has 0 radical (unpaired) electrons. The number of carboxylic acid groups (broad SMARTS) is 1. The number of nitrogens with one attached hydrogen (secondary N) is 1. The van der Waals surface area contributed by atoms with Crippen molar-refractivity contribution >= 4 is 11.9 Å². The van der Waals surface area contributed by atoms with Crippen LogP contribution in [0.2, 0.25) is 0 Å². The minimum atomic E-state index is -0.870. The Balaban J connectivity index is 2.48. The van der Waals surface area contributed by atoms with Crippen LogP contribution in [0.15, 0.2) is 0 Å². The highest BCUT2D eigenvalue weighted by molar-refractivity contribution is 5.78. The number of carboxylic acids is 1. The minimum absolute atomic E-state index is 0.0836. The average molecular weight is 272 g/mol. The average Bonchev–Trinajstić information content (AvgIpc) is 2.77. The number of likely N-dealkylation sites (N-methyl/N-ethyl adjacent to an activating group) is 1. The maximum absolute atomic E-state index is 11.9. The molecule has 1 aliphatic rings. The van der Waals surface area contributed by atoms with Crippen molar-refractivity contribution in [2.45, 2.75) is 32.9 Å². The highest BCUT2D eigenvalue weighted by Crippen LogP contribution is 2.18. The van der Waals surface area contributed by atoms with Crippen molar-refractivity contribution in [3.8, 4) is 0 Å². The molecule has 19 heavy (non-hydrogen) atoms. The summed E-state index contributed by atoms with van der Waals surface area (Å²) in [5.41, 5.74) is 0. The van der Waals surface area contributed by atoms with Crippen LogP contribution >= 0.6 is 0 Å². The van der Waals surface area contributed by atoms with Crippen molar-refractivity contribution < 1.29 is 19.4 Å². The van der Waals surface area contributed by atoms with Gasteiger partial charge in [-0.25, -0.2) is 0 Å². The Bertz CT molecular complexity index is 333. The van der Waals surface area contributed by atoms with Crippen LogP contribution in [0.25, 0.3) is 0 Å². The number of nitrogens with zero attached hydrogens (tertiary/aromatic N) is 1. The third-order valence-electron chi connectivity index (χ3n) is 3.72. The smallest absolute Gasteiger partial charge is 0.310 e. The van der Waals surface area contributed by atoms with Crippen LogP contribution in [-0.2, 0) is 14.3 Å². The molecule has 3 atom stereocenters. The largest absolute Gasteiger partial charge is 0.481 e. The first kappa shape index (κ1) is 15.9. The molecule has 1 aliphatic heterocycles. The second kappa shape index (κ2) is 6.86. The fourth-order valence-electron chi connectivity index (χ4n) is 2.02. The summed E-state index contributed by atoms with van der Waals surface area (Å²) in [5, 5.41) is 12.0. The quantitative estimate of drug-likeness (QED) is 0.721. The van der Waals surface area contributed by atoms with E-state index >= 15 is 0 Å². The van der Waals surface area contributed by atoms with Crippen molar-refractivity contribution in [3.63, 3.8) is 0 Å². The molecule has 0 bridgehead atoms. The molecule has 1 saturated heterocycles. The molecule has 3 unspecified atom stereocenters. The lowest BCUT2D eigenvalue weighted by atomic mass is 10.0. The summed E-state index contributed by atoms with van der Waals surface area (Å²) in [5.74, 6) is -1.14. The first-order chi connectivity index (χ1) is 8.82. The number of carbonyl (C=O) groups is 2. The Kier molecular flexibility index (Phi) is 5.75. The molecular weight excluding hydrogens is 248 g/mol. The van der Waals surface area contributed by atoms with Gasteiger partial charge in [0.15, 0.2) is 0 Å². The van der Waals surface area contributed by atoms with E-state index in [-0.39, 0.29) is 31.1 Å². The van der Waals surface area contributed by atoms with E-state index in [0.717, 1.165) is 0 Å². The third-order valence-corrected chi connectivity index (χ3v) is 3.72. The van der Waals surface area contributed by atoms with Gasteiger partial charge >= 0.3 is 5.97 Å². The highest BCUT2D eigenvalue weighted by Gasteiger charge is 2.37. The van der Waals surface area contributed by atoms with Gasteiger partial charge in [-0.1, -0.05) is 13.8 Å². The standard InChI is InChI=1S/C13H24N2O4/c1-8(2)9(3)14-12(16)5-15(4)11-7-19-6-10(11)13(17)18/h8-11H,5-7H2,1-4H3,(H,14,16)(H,17,18). The van der Waals surface area contributed by atoms with Crippen molar-refractivity contribution in [2.75, 3.05) is 26.8 Å². The van der Waals surface area contributed by atoms with Crippen LogP contribution in [0.4, 0.5) is 0 Å². The van der Waals surface area contributed by atoms with Crippen molar-refractivity contribution in [2.24, 2.45) is 11.8 Å². The Hall–Kier alpha value is -1.14. The summed E-state index contributed by atoms with van der Waals surface area (Å²) in [6.07, 6.45) is 0. The second-order valence-electron chi connectivity index (χ2n) is 5.56. The lowest BCUT2D eigenvalue weighted by Gasteiger charge is -2.26. The van der Waals surface area contributed by atoms with E-state index < -0.39 is 11.9 Å². The number of hydrogen-bond donors (Lipinski definition) is 2. The van der Waals surface area contributed by atoms with E-state index in [4.69, 9.17) is 9.84 Å². The molecular formula is C13H24N2O4. The number of aliphatic carboxylic acids is 1. The summed E-state index contributed by atoms with van der Waals surface area (Å²) in [6, 6.07) is -0.131. The summed E-state index contributed by atoms with van der Waals surface area (Å²) >= 11 is 0. The zero-order valence-corrected chi connectivity index (χ0v) is 12.0. The van der Waals surface area contributed by atoms with Gasteiger partial charge in [0, 0.05) is 12.1 Å². The van der Waals surface area contributed by atoms with Crippen LogP contribution in [0.5, 0.6) is 0 Å². The Morgan fingerprint density at radius 1 is 1.37 bits per heavy atom. The Morgan fingerprint density at radius 3 is 2.53 bits per heavy atom. The summed E-state index contributed by atoms with van der Waals surface area (Å²) in [6.45, 7) is 6.81. The van der Waals surface area contributed by atoms with Gasteiger partial charge in [0.05, 0.1) is 25.7 Å². The van der Waals surface area contributed by atoms with Gasteiger partial charge in [0.25, 0.3) is 0 Å². The zero-order chi connectivity index (χ0) is 14.6. The predicted octanol–water partition coefficient (Wildman–Crippen LogP) is 0.179. The van der Waals surface area contributed by atoms with Crippen molar-refractivity contribution in [1.29, 1.82) is 0 Å². The molecule has 0 aliphatic carbocycles. The molecule has 6 heteroatoms. The molecule has 1 fully saturated rings. The maximum Gasteiger partial charge on any atom is 0.310 e. The number of amides is 1. The number of carbonyl (C=O) groups excluding carboxylic acids is 1. The SMILES string of the molecule is CC(C)C(C)NC(=O)CN(C)C1COCC1C(=O)O. The number of hydrogen-bond acceptors (Lipinski definition) is 4. The molecule has 0 aromatic rings. The summed E-state index contributed by atoms with van der Waals surface area (Å²) < 4.78 is 5.20. The fraction of sp³-hybridized carbons (Fsp3) is 0.846. The van der Waals surface area contributed by atoms with Gasteiger partial charge in [-0.05, 0) is 19.9 Å². The molecule has 6 nitrogen and oxygen atoms in total. The predicted molar refractivity (Wildman–Crippen MR) is 70.8 cm³/mol. The van der Waals surface area contributed by atoms with E-state index in [2.05, 4.69) is 5.32 Å². The van der Waals surface area contributed by atoms with E-state index in [9.17, 15) is 9.59 Å². The second-order valence-corrected chi connectivity index (χ2v) is 5.56. The number of rotatable bonds is 6. The van der Waals surface area contributed by atoms with E-state index in [1.165, 1.54) is 0 Å². The summed E-state index contributed by atoms with van der Waals surface area (Å²) in [4.78, 5) is 24.7. The Labute approximate surface area is 114 Å².